The van der Waals surface area contributed by atoms with Crippen molar-refractivity contribution in [1.29, 1.82) is 0 Å². The second-order valence-corrected chi connectivity index (χ2v) is 10.9. The first-order valence-electron chi connectivity index (χ1n) is 12.4. The molecule has 1 aliphatic carbocycles. The van der Waals surface area contributed by atoms with E-state index in [9.17, 15) is 9.18 Å². The number of rotatable bonds is 7. The van der Waals surface area contributed by atoms with Gasteiger partial charge in [0, 0.05) is 41.7 Å². The number of anilines is 1. The highest BCUT2D eigenvalue weighted by molar-refractivity contribution is 6.39. The summed E-state index contributed by atoms with van der Waals surface area (Å²) in [6.07, 6.45) is 5.92. The maximum atomic E-state index is 14.8. The van der Waals surface area contributed by atoms with Gasteiger partial charge in [0.1, 0.15) is 17.3 Å². The summed E-state index contributed by atoms with van der Waals surface area (Å²) in [4.78, 5) is 13.4. The zero-order valence-corrected chi connectivity index (χ0v) is 21.0. The molecule has 6 nitrogen and oxygen atoms in total. The smallest absolute Gasteiger partial charge is 0.335 e. The van der Waals surface area contributed by atoms with E-state index in [1.54, 1.807) is 18.2 Å². The van der Waals surface area contributed by atoms with Crippen LogP contribution in [-0.4, -0.2) is 34.4 Å². The van der Waals surface area contributed by atoms with Crippen LogP contribution in [0.2, 0.25) is 10.0 Å². The van der Waals surface area contributed by atoms with Crippen molar-refractivity contribution in [3.63, 3.8) is 0 Å². The Hall–Kier alpha value is -2.61. The molecule has 3 aliphatic rings. The molecule has 1 saturated carbocycles. The summed E-state index contributed by atoms with van der Waals surface area (Å²) in [6.45, 7) is 0.595. The number of carbonyl (C=O) groups is 1. The van der Waals surface area contributed by atoms with E-state index in [0.29, 0.717) is 39.5 Å². The first-order chi connectivity index (χ1) is 17.4. The third kappa shape index (κ3) is 4.27. The Morgan fingerprint density at radius 1 is 1.11 bits per heavy atom. The lowest BCUT2D eigenvalue weighted by atomic mass is 9.95. The van der Waals surface area contributed by atoms with Gasteiger partial charge in [0.2, 0.25) is 0 Å². The number of fused-ring (bicyclic) bond motifs is 2. The predicted molar refractivity (Wildman–Crippen MR) is 136 cm³/mol. The van der Waals surface area contributed by atoms with Crippen molar-refractivity contribution in [2.75, 3.05) is 4.90 Å². The number of piperidine rings is 1. The standard InChI is InChI=1S/C27H26Cl2FN3O3/c28-20-2-1-3-21(29)24(20)25-19(26(36-32-25)14-4-5-14)13-31-16-11-17-7-8-18(12-16)33(17)23-9-6-15(27(34)35)10-22(23)30/h1-3,6,9-10,14,16-18,31H,4-5,7-8,11-13H2,(H,34,35). The van der Waals surface area contributed by atoms with Gasteiger partial charge in [-0.3, -0.25) is 0 Å². The van der Waals surface area contributed by atoms with Gasteiger partial charge >= 0.3 is 5.97 Å². The minimum Gasteiger partial charge on any atom is -0.478 e. The molecule has 1 aromatic heterocycles. The van der Waals surface area contributed by atoms with Crippen LogP contribution in [0.15, 0.2) is 40.9 Å². The second-order valence-electron chi connectivity index (χ2n) is 10.1. The van der Waals surface area contributed by atoms with E-state index >= 15 is 0 Å². The number of benzene rings is 2. The molecule has 3 fully saturated rings. The Balaban J connectivity index is 1.20. The van der Waals surface area contributed by atoms with Gasteiger partial charge in [-0.1, -0.05) is 34.4 Å². The molecule has 2 aromatic carbocycles. The largest absolute Gasteiger partial charge is 0.478 e. The molecular weight excluding hydrogens is 504 g/mol. The molecule has 0 radical (unpaired) electrons. The molecule has 9 heteroatoms. The fourth-order valence-electron chi connectivity index (χ4n) is 5.91. The van der Waals surface area contributed by atoms with Crippen LogP contribution in [0.5, 0.6) is 0 Å². The van der Waals surface area contributed by atoms with Gasteiger partial charge < -0.3 is 19.8 Å². The number of halogens is 3. The molecule has 6 rings (SSSR count). The van der Waals surface area contributed by atoms with Crippen molar-refractivity contribution in [3.05, 3.63) is 69.1 Å². The van der Waals surface area contributed by atoms with E-state index in [4.69, 9.17) is 32.8 Å². The number of hydrogen-bond donors (Lipinski definition) is 2. The van der Waals surface area contributed by atoms with Crippen molar-refractivity contribution in [2.45, 2.75) is 69.1 Å². The molecule has 2 bridgehead atoms. The molecule has 2 aliphatic heterocycles. The van der Waals surface area contributed by atoms with E-state index in [1.807, 2.05) is 6.07 Å². The third-order valence-corrected chi connectivity index (χ3v) is 8.37. The van der Waals surface area contributed by atoms with E-state index < -0.39 is 11.8 Å². The van der Waals surface area contributed by atoms with Gasteiger partial charge in [-0.15, -0.1) is 0 Å². The lowest BCUT2D eigenvalue weighted by Gasteiger charge is -2.41. The molecule has 3 heterocycles. The summed E-state index contributed by atoms with van der Waals surface area (Å²) in [6, 6.07) is 10.3. The summed E-state index contributed by atoms with van der Waals surface area (Å²) in [5.74, 6) is -0.297. The van der Waals surface area contributed by atoms with Gasteiger partial charge in [-0.05, 0) is 68.9 Å². The van der Waals surface area contributed by atoms with Gasteiger partial charge in [0.25, 0.3) is 0 Å². The molecule has 0 amide bonds. The Morgan fingerprint density at radius 2 is 1.81 bits per heavy atom. The molecule has 36 heavy (non-hydrogen) atoms. The Kier molecular flexibility index (Phi) is 6.18. The van der Waals surface area contributed by atoms with Gasteiger partial charge in [-0.2, -0.15) is 0 Å². The lowest BCUT2D eigenvalue weighted by Crippen LogP contribution is -2.49. The first kappa shape index (κ1) is 23.8. The molecule has 2 saturated heterocycles. The SMILES string of the molecule is O=C(O)c1ccc(N2C3CCC2CC(NCc2c(-c4c(Cl)cccc4Cl)noc2C2CC2)C3)c(F)c1. The monoisotopic (exact) mass is 529 g/mol. The number of carboxylic acid groups (broad SMARTS) is 1. The number of carboxylic acids is 1. The summed E-state index contributed by atoms with van der Waals surface area (Å²) in [5, 5.41) is 18.4. The fraction of sp³-hybridized carbons (Fsp3) is 0.407. The van der Waals surface area contributed by atoms with E-state index in [2.05, 4.69) is 15.4 Å². The van der Waals surface area contributed by atoms with Crippen LogP contribution >= 0.6 is 23.2 Å². The maximum absolute atomic E-state index is 14.8. The van der Waals surface area contributed by atoms with E-state index in [0.717, 1.165) is 55.9 Å². The average molecular weight is 530 g/mol. The minimum absolute atomic E-state index is 0.0326. The van der Waals surface area contributed by atoms with Crippen LogP contribution in [0.4, 0.5) is 10.1 Å². The Morgan fingerprint density at radius 3 is 2.42 bits per heavy atom. The number of nitrogens with one attached hydrogen (secondary N) is 1. The minimum atomic E-state index is -1.12. The second kappa shape index (κ2) is 9.36. The topological polar surface area (TPSA) is 78.6 Å². The first-order valence-corrected chi connectivity index (χ1v) is 13.1. The average Bonchev–Trinajstić information content (AvgIpc) is 3.56. The van der Waals surface area contributed by atoms with Crippen molar-refractivity contribution in [1.82, 2.24) is 10.5 Å². The quantitative estimate of drug-likeness (QED) is 0.356. The van der Waals surface area contributed by atoms with Crippen molar-refractivity contribution in [2.24, 2.45) is 0 Å². The molecule has 3 aromatic rings. The number of nitrogens with zero attached hydrogens (tertiary/aromatic N) is 2. The molecule has 2 unspecified atom stereocenters. The van der Waals surface area contributed by atoms with Crippen LogP contribution in [-0.2, 0) is 6.54 Å². The third-order valence-electron chi connectivity index (χ3n) is 7.74. The van der Waals surface area contributed by atoms with Gasteiger partial charge in [0.05, 0.1) is 21.3 Å². The number of aromatic carboxylic acids is 1. The van der Waals surface area contributed by atoms with Gasteiger partial charge in [-0.25, -0.2) is 9.18 Å². The zero-order valence-electron chi connectivity index (χ0n) is 19.5. The summed E-state index contributed by atoms with van der Waals surface area (Å²) in [5.41, 5.74) is 2.87. The van der Waals surface area contributed by atoms with Crippen LogP contribution in [0.1, 0.15) is 66.1 Å². The maximum Gasteiger partial charge on any atom is 0.335 e. The van der Waals surface area contributed by atoms with Crippen LogP contribution in [0, 0.1) is 5.82 Å². The van der Waals surface area contributed by atoms with Crippen LogP contribution in [0.3, 0.4) is 0 Å². The highest BCUT2D eigenvalue weighted by Gasteiger charge is 2.42. The summed E-state index contributed by atoms with van der Waals surface area (Å²) >= 11 is 13.0. The van der Waals surface area contributed by atoms with Crippen molar-refractivity contribution in [3.8, 4) is 11.3 Å². The highest BCUT2D eigenvalue weighted by Crippen LogP contribution is 2.46. The highest BCUT2D eigenvalue weighted by atomic mass is 35.5. The van der Waals surface area contributed by atoms with Crippen molar-refractivity contribution < 1.29 is 18.8 Å². The van der Waals surface area contributed by atoms with Crippen LogP contribution in [0.25, 0.3) is 11.3 Å². The zero-order chi connectivity index (χ0) is 25.0. The summed E-state index contributed by atoms with van der Waals surface area (Å²) in [7, 11) is 0. The predicted octanol–water partition coefficient (Wildman–Crippen LogP) is 6.65. The molecular formula is C27H26Cl2FN3O3. The molecule has 2 atom stereocenters. The Labute approximate surface area is 218 Å². The molecule has 188 valence electrons. The van der Waals surface area contributed by atoms with E-state index in [1.165, 1.54) is 6.07 Å². The van der Waals surface area contributed by atoms with Crippen LogP contribution < -0.4 is 10.2 Å². The lowest BCUT2D eigenvalue weighted by molar-refractivity contribution is 0.0696. The fourth-order valence-corrected chi connectivity index (χ4v) is 6.49. The molecule has 2 N–H and O–H groups in total. The number of hydrogen-bond acceptors (Lipinski definition) is 5. The summed E-state index contributed by atoms with van der Waals surface area (Å²) < 4.78 is 20.6. The molecule has 0 spiro atoms. The normalized spacial score (nSPS) is 23.3. The van der Waals surface area contributed by atoms with Crippen molar-refractivity contribution >= 4 is 34.9 Å². The number of aromatic nitrogens is 1. The van der Waals surface area contributed by atoms with Gasteiger partial charge in [0.15, 0.2) is 0 Å². The Bertz CT molecular complexity index is 1290. The van der Waals surface area contributed by atoms with E-state index in [-0.39, 0.29) is 23.7 Å².